The summed E-state index contributed by atoms with van der Waals surface area (Å²) >= 11 is 1.96. The van der Waals surface area contributed by atoms with E-state index >= 15 is 0 Å². The van der Waals surface area contributed by atoms with Crippen LogP contribution in [0.25, 0.3) is 0 Å². The average molecular weight is 337 g/mol. The Morgan fingerprint density at radius 2 is 2.00 bits per heavy atom. The van der Waals surface area contributed by atoms with Crippen molar-refractivity contribution in [2.75, 3.05) is 5.32 Å². The lowest BCUT2D eigenvalue weighted by atomic mass is 9.92. The lowest BCUT2D eigenvalue weighted by Gasteiger charge is -2.32. The van der Waals surface area contributed by atoms with Crippen molar-refractivity contribution in [3.8, 4) is 6.07 Å². The van der Waals surface area contributed by atoms with Crippen LogP contribution in [-0.2, 0) is 25.1 Å². The van der Waals surface area contributed by atoms with Crippen LogP contribution in [0, 0.1) is 11.3 Å². The van der Waals surface area contributed by atoms with Crippen LogP contribution in [0.1, 0.15) is 48.7 Å². The van der Waals surface area contributed by atoms with Crippen LogP contribution in [0.2, 0.25) is 0 Å². The van der Waals surface area contributed by atoms with Gasteiger partial charge in [-0.25, -0.2) is 4.98 Å². The Balaban J connectivity index is 1.99. The van der Waals surface area contributed by atoms with E-state index in [1.807, 2.05) is 30.0 Å². The van der Waals surface area contributed by atoms with Crippen LogP contribution >= 0.6 is 11.8 Å². The second kappa shape index (κ2) is 6.86. The van der Waals surface area contributed by atoms with Gasteiger partial charge in [0.2, 0.25) is 0 Å². The highest BCUT2D eigenvalue weighted by molar-refractivity contribution is 7.99. The first kappa shape index (κ1) is 16.9. The number of aryl methyl sites for hydroxylation is 1. The van der Waals surface area contributed by atoms with Gasteiger partial charge in [0.05, 0.1) is 5.56 Å². The van der Waals surface area contributed by atoms with Crippen molar-refractivity contribution in [2.45, 2.75) is 50.7 Å². The summed E-state index contributed by atoms with van der Waals surface area (Å²) in [4.78, 5) is 4.79. The average Bonchev–Trinajstić information content (AvgIpc) is 2.58. The molecule has 2 heterocycles. The first-order valence-corrected chi connectivity index (χ1v) is 9.39. The van der Waals surface area contributed by atoms with Crippen molar-refractivity contribution in [3.63, 3.8) is 0 Å². The van der Waals surface area contributed by atoms with E-state index in [9.17, 15) is 5.26 Å². The van der Waals surface area contributed by atoms with E-state index < -0.39 is 0 Å². The van der Waals surface area contributed by atoms with Gasteiger partial charge >= 0.3 is 0 Å². The van der Waals surface area contributed by atoms with Crippen LogP contribution < -0.4 is 5.32 Å². The molecule has 24 heavy (non-hydrogen) atoms. The molecule has 0 atom stereocenters. The summed E-state index contributed by atoms with van der Waals surface area (Å²) in [6.07, 6.45) is 1.82. The minimum Gasteiger partial charge on any atom is -0.365 e. The summed E-state index contributed by atoms with van der Waals surface area (Å²) in [5.41, 5.74) is 5.52. The summed E-state index contributed by atoms with van der Waals surface area (Å²) in [6, 6.07) is 12.6. The minimum atomic E-state index is 0.168. The van der Waals surface area contributed by atoms with E-state index in [0.29, 0.717) is 6.54 Å². The van der Waals surface area contributed by atoms with Crippen molar-refractivity contribution < 1.29 is 0 Å². The lowest BCUT2D eigenvalue weighted by molar-refractivity contribution is 0.687. The van der Waals surface area contributed by atoms with Gasteiger partial charge in [0.1, 0.15) is 11.9 Å². The molecule has 3 rings (SSSR count). The topological polar surface area (TPSA) is 48.7 Å². The first-order chi connectivity index (χ1) is 11.5. The number of hydrogen-bond donors (Lipinski definition) is 1. The molecule has 1 aromatic carbocycles. The molecule has 0 radical (unpaired) electrons. The Hall–Kier alpha value is -1.99. The summed E-state index contributed by atoms with van der Waals surface area (Å²) in [5, 5.41) is 13.2. The molecule has 0 spiro atoms. The molecule has 3 nitrogen and oxygen atoms in total. The molecule has 0 saturated heterocycles. The maximum absolute atomic E-state index is 9.77. The van der Waals surface area contributed by atoms with E-state index in [2.05, 4.69) is 44.3 Å². The third kappa shape index (κ3) is 3.42. The molecule has 0 unspecified atom stereocenters. The molecule has 2 aromatic rings. The summed E-state index contributed by atoms with van der Waals surface area (Å²) in [7, 11) is 0. The molecule has 0 aliphatic carbocycles. The van der Waals surface area contributed by atoms with Crippen molar-refractivity contribution >= 4 is 17.6 Å². The fraction of sp³-hybridized carbons (Fsp3) is 0.400. The van der Waals surface area contributed by atoms with Gasteiger partial charge in [0.15, 0.2) is 0 Å². The highest BCUT2D eigenvalue weighted by atomic mass is 32.2. The number of anilines is 1. The predicted molar refractivity (Wildman–Crippen MR) is 101 cm³/mol. The minimum absolute atomic E-state index is 0.168. The number of nitriles is 1. The zero-order valence-corrected chi connectivity index (χ0v) is 15.3. The van der Waals surface area contributed by atoms with Gasteiger partial charge in [-0.3, -0.25) is 0 Å². The second-order valence-electron chi connectivity index (χ2n) is 6.77. The number of thioether (sulfide) groups is 1. The third-order valence-electron chi connectivity index (χ3n) is 4.46. The Morgan fingerprint density at radius 1 is 1.25 bits per heavy atom. The molecule has 1 N–H and O–H groups in total. The molecule has 0 fully saturated rings. The van der Waals surface area contributed by atoms with Crippen LogP contribution in [0.3, 0.4) is 0 Å². The maximum Gasteiger partial charge on any atom is 0.144 e. The number of rotatable bonds is 4. The largest absolute Gasteiger partial charge is 0.365 e. The molecule has 124 valence electrons. The number of pyridine rings is 1. The molecular formula is C20H23N3S. The zero-order valence-electron chi connectivity index (χ0n) is 14.5. The van der Waals surface area contributed by atoms with Crippen LogP contribution in [-0.4, -0.2) is 9.73 Å². The quantitative estimate of drug-likeness (QED) is 0.879. The SMILES string of the molecule is CCc1nc(NCc2ccccc2)c(C#N)c2c1CSC(C)(C)C2. The fourth-order valence-electron chi connectivity index (χ4n) is 3.16. The highest BCUT2D eigenvalue weighted by Crippen LogP contribution is 2.41. The van der Waals surface area contributed by atoms with Crippen molar-refractivity contribution in [3.05, 3.63) is 58.3 Å². The van der Waals surface area contributed by atoms with Crippen LogP contribution in [0.5, 0.6) is 0 Å². The molecular weight excluding hydrogens is 314 g/mol. The van der Waals surface area contributed by atoms with E-state index in [4.69, 9.17) is 4.98 Å². The Bertz CT molecular complexity index is 776. The number of nitrogens with one attached hydrogen (secondary N) is 1. The number of aromatic nitrogens is 1. The molecule has 0 saturated carbocycles. The van der Waals surface area contributed by atoms with Gasteiger partial charge in [-0.1, -0.05) is 51.1 Å². The smallest absolute Gasteiger partial charge is 0.144 e. The Morgan fingerprint density at radius 3 is 2.67 bits per heavy atom. The van der Waals surface area contributed by atoms with E-state index in [0.717, 1.165) is 35.7 Å². The third-order valence-corrected chi connectivity index (χ3v) is 5.82. The van der Waals surface area contributed by atoms with E-state index in [1.165, 1.54) is 16.7 Å². The molecule has 1 aliphatic rings. The van der Waals surface area contributed by atoms with E-state index in [1.54, 1.807) is 0 Å². The Kier molecular flexibility index (Phi) is 4.82. The van der Waals surface area contributed by atoms with Crippen LogP contribution in [0.15, 0.2) is 30.3 Å². The van der Waals surface area contributed by atoms with Gasteiger partial charge in [-0.2, -0.15) is 17.0 Å². The standard InChI is InChI=1S/C20H23N3S/c1-4-18-17-13-24-20(2,3)10-15(17)16(11-21)19(23-18)22-12-14-8-6-5-7-9-14/h5-9H,4,10,12-13H2,1-3H3,(H,22,23). The van der Waals surface area contributed by atoms with Crippen molar-refractivity contribution in [1.82, 2.24) is 4.98 Å². The molecule has 1 aromatic heterocycles. The van der Waals surface area contributed by atoms with Gasteiger partial charge in [0.25, 0.3) is 0 Å². The van der Waals surface area contributed by atoms with Gasteiger partial charge < -0.3 is 5.32 Å². The van der Waals surface area contributed by atoms with Crippen molar-refractivity contribution in [1.29, 1.82) is 5.26 Å². The van der Waals surface area contributed by atoms with Crippen molar-refractivity contribution in [2.24, 2.45) is 0 Å². The first-order valence-electron chi connectivity index (χ1n) is 8.40. The zero-order chi connectivity index (χ0) is 17.2. The van der Waals surface area contributed by atoms with Gasteiger partial charge in [-0.05, 0) is 29.5 Å². The summed E-state index contributed by atoms with van der Waals surface area (Å²) in [5.74, 6) is 1.69. The molecule has 0 amide bonds. The van der Waals surface area contributed by atoms with Gasteiger partial charge in [-0.15, -0.1) is 0 Å². The number of nitrogens with zero attached hydrogens (tertiary/aromatic N) is 2. The highest BCUT2D eigenvalue weighted by Gasteiger charge is 2.31. The monoisotopic (exact) mass is 337 g/mol. The Labute approximate surface area is 148 Å². The normalized spacial score (nSPS) is 15.4. The van der Waals surface area contributed by atoms with Crippen LogP contribution in [0.4, 0.5) is 5.82 Å². The molecule has 1 aliphatic heterocycles. The second-order valence-corrected chi connectivity index (χ2v) is 8.45. The maximum atomic E-state index is 9.77. The number of fused-ring (bicyclic) bond motifs is 1. The number of hydrogen-bond acceptors (Lipinski definition) is 4. The fourth-order valence-corrected chi connectivity index (χ4v) is 4.28. The number of benzene rings is 1. The molecule has 4 heteroatoms. The molecule has 0 bridgehead atoms. The predicted octanol–water partition coefficient (Wildman–Crippen LogP) is 4.70. The summed E-state index contributed by atoms with van der Waals surface area (Å²) in [6.45, 7) is 7.33. The summed E-state index contributed by atoms with van der Waals surface area (Å²) < 4.78 is 0.168. The van der Waals surface area contributed by atoms with E-state index in [-0.39, 0.29) is 4.75 Å². The lowest BCUT2D eigenvalue weighted by Crippen LogP contribution is -2.26. The van der Waals surface area contributed by atoms with Gasteiger partial charge in [0, 0.05) is 22.7 Å².